The Kier molecular flexibility index (Phi) is 4.82. The lowest BCUT2D eigenvalue weighted by Gasteiger charge is -2.15. The minimum absolute atomic E-state index is 1.07. The third kappa shape index (κ3) is 3.06. The molecule has 0 aromatic carbocycles. The van der Waals surface area contributed by atoms with Gasteiger partial charge in [0.2, 0.25) is 0 Å². The molecule has 3 heteroatoms. The van der Waals surface area contributed by atoms with Crippen molar-refractivity contribution in [2.24, 2.45) is 7.05 Å². The number of nitrogens with zero attached hydrogens (tertiary/aromatic N) is 3. The summed E-state index contributed by atoms with van der Waals surface area (Å²) in [7, 11) is 2.03. The molecule has 0 amide bonds. The number of aromatic nitrogens is 2. The molecule has 1 aliphatic heterocycles. The van der Waals surface area contributed by atoms with Gasteiger partial charge < -0.3 is 0 Å². The Balaban J connectivity index is 0.000000531. The molecule has 1 fully saturated rings. The topological polar surface area (TPSA) is 21.1 Å². The van der Waals surface area contributed by atoms with Gasteiger partial charge in [-0.15, -0.1) is 0 Å². The summed E-state index contributed by atoms with van der Waals surface area (Å²) in [5, 5.41) is 4.25. The summed E-state index contributed by atoms with van der Waals surface area (Å²) in [6, 6.07) is 0. The van der Waals surface area contributed by atoms with Crippen LogP contribution in [0.3, 0.4) is 0 Å². The van der Waals surface area contributed by atoms with Crippen LogP contribution in [-0.4, -0.2) is 27.8 Å². The van der Waals surface area contributed by atoms with Crippen molar-refractivity contribution in [1.82, 2.24) is 14.7 Å². The highest BCUT2D eigenvalue weighted by molar-refractivity contribution is 5.15. The molecule has 2 heterocycles. The van der Waals surface area contributed by atoms with Crippen LogP contribution in [0.1, 0.15) is 37.9 Å². The second-order valence-electron chi connectivity index (χ2n) is 3.88. The van der Waals surface area contributed by atoms with Gasteiger partial charge in [-0.2, -0.15) is 5.10 Å². The van der Waals surface area contributed by atoms with E-state index in [0.717, 1.165) is 6.54 Å². The zero-order valence-electron chi connectivity index (χ0n) is 10.5. The molecule has 3 nitrogen and oxygen atoms in total. The van der Waals surface area contributed by atoms with E-state index < -0.39 is 0 Å². The number of rotatable bonds is 2. The predicted molar refractivity (Wildman–Crippen MR) is 63.8 cm³/mol. The zero-order valence-corrected chi connectivity index (χ0v) is 10.5. The van der Waals surface area contributed by atoms with Gasteiger partial charge in [-0.25, -0.2) is 0 Å². The van der Waals surface area contributed by atoms with Crippen molar-refractivity contribution < 1.29 is 0 Å². The van der Waals surface area contributed by atoms with Crippen LogP contribution in [0.15, 0.2) is 6.20 Å². The monoisotopic (exact) mass is 209 g/mol. The minimum Gasteiger partial charge on any atom is -0.298 e. The van der Waals surface area contributed by atoms with Crippen LogP contribution in [0.5, 0.6) is 0 Å². The molecule has 2 rings (SSSR count). The van der Waals surface area contributed by atoms with Crippen molar-refractivity contribution in [2.75, 3.05) is 13.1 Å². The van der Waals surface area contributed by atoms with E-state index >= 15 is 0 Å². The van der Waals surface area contributed by atoms with Gasteiger partial charge in [0.1, 0.15) is 0 Å². The molecular weight excluding hydrogens is 186 g/mol. The van der Waals surface area contributed by atoms with E-state index in [-0.39, 0.29) is 0 Å². The van der Waals surface area contributed by atoms with Gasteiger partial charge in [-0.3, -0.25) is 9.58 Å². The van der Waals surface area contributed by atoms with E-state index in [9.17, 15) is 0 Å². The summed E-state index contributed by atoms with van der Waals surface area (Å²) in [5.41, 5.74) is 2.68. The standard InChI is InChI=1S/C10H17N3.C2H6/c1-9-7-11-12(2)10(9)8-13-5-3-4-6-13;1-2/h7H,3-6,8H2,1-2H3;1-2H3. The maximum absolute atomic E-state index is 4.25. The third-order valence-corrected chi connectivity index (χ3v) is 2.84. The summed E-state index contributed by atoms with van der Waals surface area (Å²) in [6.07, 6.45) is 4.67. The highest BCUT2D eigenvalue weighted by atomic mass is 15.3. The average molecular weight is 209 g/mol. The lowest BCUT2D eigenvalue weighted by Crippen LogP contribution is -2.20. The second kappa shape index (κ2) is 5.91. The summed E-state index contributed by atoms with van der Waals surface area (Å²) in [5.74, 6) is 0. The molecule has 1 aliphatic rings. The molecule has 0 saturated carbocycles. The fraction of sp³-hybridized carbons (Fsp3) is 0.750. The summed E-state index contributed by atoms with van der Waals surface area (Å²) >= 11 is 0. The number of aryl methyl sites for hydroxylation is 2. The van der Waals surface area contributed by atoms with E-state index in [1.54, 1.807) is 0 Å². The maximum Gasteiger partial charge on any atom is 0.0550 e. The van der Waals surface area contributed by atoms with E-state index in [2.05, 4.69) is 16.9 Å². The van der Waals surface area contributed by atoms with Crippen molar-refractivity contribution in [3.8, 4) is 0 Å². The normalized spacial score (nSPS) is 16.3. The second-order valence-corrected chi connectivity index (χ2v) is 3.88. The van der Waals surface area contributed by atoms with Crippen LogP contribution in [0.25, 0.3) is 0 Å². The Hall–Kier alpha value is -0.830. The number of hydrogen-bond acceptors (Lipinski definition) is 2. The van der Waals surface area contributed by atoms with E-state index in [1.807, 2.05) is 31.8 Å². The van der Waals surface area contributed by atoms with Crippen molar-refractivity contribution >= 4 is 0 Å². The Morgan fingerprint density at radius 2 is 1.87 bits per heavy atom. The molecule has 15 heavy (non-hydrogen) atoms. The fourth-order valence-corrected chi connectivity index (χ4v) is 1.95. The summed E-state index contributed by atoms with van der Waals surface area (Å²) < 4.78 is 1.99. The largest absolute Gasteiger partial charge is 0.298 e. The van der Waals surface area contributed by atoms with Gasteiger partial charge >= 0.3 is 0 Å². The molecule has 1 aromatic rings. The van der Waals surface area contributed by atoms with Crippen LogP contribution in [0.2, 0.25) is 0 Å². The maximum atomic E-state index is 4.25. The first-order chi connectivity index (χ1) is 7.27. The molecular formula is C12H23N3. The zero-order chi connectivity index (χ0) is 11.3. The summed E-state index contributed by atoms with van der Waals surface area (Å²) in [6.45, 7) is 9.72. The predicted octanol–water partition coefficient (Wildman–Crippen LogP) is 2.35. The molecule has 0 radical (unpaired) electrons. The van der Waals surface area contributed by atoms with Gasteiger partial charge in [0, 0.05) is 13.6 Å². The molecule has 0 unspecified atom stereocenters. The first-order valence-electron chi connectivity index (χ1n) is 5.97. The van der Waals surface area contributed by atoms with Crippen LogP contribution in [-0.2, 0) is 13.6 Å². The third-order valence-electron chi connectivity index (χ3n) is 2.84. The minimum atomic E-state index is 1.07. The lowest BCUT2D eigenvalue weighted by molar-refractivity contribution is 0.320. The summed E-state index contributed by atoms with van der Waals surface area (Å²) in [4.78, 5) is 2.50. The SMILES string of the molecule is CC.Cc1cnn(C)c1CN1CCCC1. The molecule has 0 atom stereocenters. The lowest BCUT2D eigenvalue weighted by atomic mass is 10.2. The fourth-order valence-electron chi connectivity index (χ4n) is 1.95. The molecule has 0 aliphatic carbocycles. The van der Waals surface area contributed by atoms with Gasteiger partial charge in [-0.05, 0) is 38.4 Å². The van der Waals surface area contributed by atoms with Crippen LogP contribution in [0.4, 0.5) is 0 Å². The highest BCUT2D eigenvalue weighted by Crippen LogP contribution is 2.14. The molecule has 86 valence electrons. The highest BCUT2D eigenvalue weighted by Gasteiger charge is 2.14. The van der Waals surface area contributed by atoms with Gasteiger partial charge in [-0.1, -0.05) is 13.8 Å². The Labute approximate surface area is 93.1 Å². The molecule has 1 aromatic heterocycles. The Morgan fingerprint density at radius 3 is 2.33 bits per heavy atom. The van der Waals surface area contributed by atoms with Gasteiger partial charge in [0.15, 0.2) is 0 Å². The van der Waals surface area contributed by atoms with E-state index in [0.29, 0.717) is 0 Å². The van der Waals surface area contributed by atoms with Crippen molar-refractivity contribution in [3.05, 3.63) is 17.5 Å². The van der Waals surface area contributed by atoms with Crippen molar-refractivity contribution in [2.45, 2.75) is 40.2 Å². The smallest absolute Gasteiger partial charge is 0.0550 e. The Morgan fingerprint density at radius 1 is 1.27 bits per heavy atom. The van der Waals surface area contributed by atoms with Crippen LogP contribution in [0, 0.1) is 6.92 Å². The first kappa shape index (κ1) is 12.2. The average Bonchev–Trinajstić information content (AvgIpc) is 2.86. The van der Waals surface area contributed by atoms with Gasteiger partial charge in [0.25, 0.3) is 0 Å². The first-order valence-corrected chi connectivity index (χ1v) is 5.97. The van der Waals surface area contributed by atoms with Crippen LogP contribution >= 0.6 is 0 Å². The Bertz CT molecular complexity index is 266. The van der Waals surface area contributed by atoms with Crippen molar-refractivity contribution in [1.29, 1.82) is 0 Å². The molecule has 0 spiro atoms. The molecule has 1 saturated heterocycles. The number of likely N-dealkylation sites (tertiary alicyclic amines) is 1. The van der Waals surface area contributed by atoms with E-state index in [4.69, 9.17) is 0 Å². The van der Waals surface area contributed by atoms with E-state index in [1.165, 1.54) is 37.2 Å². The number of hydrogen-bond donors (Lipinski definition) is 0. The van der Waals surface area contributed by atoms with Crippen molar-refractivity contribution in [3.63, 3.8) is 0 Å². The quantitative estimate of drug-likeness (QED) is 0.745. The molecule has 0 bridgehead atoms. The van der Waals surface area contributed by atoms with Crippen LogP contribution < -0.4 is 0 Å². The molecule has 0 N–H and O–H groups in total. The van der Waals surface area contributed by atoms with Gasteiger partial charge in [0.05, 0.1) is 11.9 Å².